The van der Waals surface area contributed by atoms with Gasteiger partial charge in [-0.15, -0.1) is 11.3 Å². The van der Waals surface area contributed by atoms with Gasteiger partial charge >= 0.3 is 0 Å². The second-order valence-corrected chi connectivity index (χ2v) is 8.46. The Hall–Kier alpha value is -1.95. The van der Waals surface area contributed by atoms with Gasteiger partial charge in [-0.3, -0.25) is 14.9 Å². The first kappa shape index (κ1) is 17.5. The first-order chi connectivity index (χ1) is 12.6. The van der Waals surface area contributed by atoms with Gasteiger partial charge in [0.25, 0.3) is 5.91 Å². The fourth-order valence-corrected chi connectivity index (χ4v) is 5.29. The van der Waals surface area contributed by atoms with E-state index >= 15 is 0 Å². The molecule has 0 saturated carbocycles. The van der Waals surface area contributed by atoms with Crippen molar-refractivity contribution in [3.05, 3.63) is 33.2 Å². The lowest BCUT2D eigenvalue weighted by molar-refractivity contribution is 0.0963. The van der Waals surface area contributed by atoms with Crippen LogP contribution in [0.2, 0.25) is 0 Å². The molecule has 0 aromatic carbocycles. The molecule has 2 aromatic heterocycles. The average Bonchev–Trinajstić information content (AvgIpc) is 3.16. The van der Waals surface area contributed by atoms with Gasteiger partial charge in [0, 0.05) is 23.3 Å². The second kappa shape index (κ2) is 6.99. The third-order valence-electron chi connectivity index (χ3n) is 5.47. The maximum atomic E-state index is 12.7. The van der Waals surface area contributed by atoms with E-state index in [0.29, 0.717) is 28.4 Å². The van der Waals surface area contributed by atoms with Crippen LogP contribution in [0.5, 0.6) is 0 Å². The highest BCUT2D eigenvalue weighted by molar-refractivity contribution is 7.15. The normalized spacial score (nSPS) is 19.2. The van der Waals surface area contributed by atoms with E-state index in [0.717, 1.165) is 37.3 Å². The van der Waals surface area contributed by atoms with Crippen LogP contribution in [0.3, 0.4) is 0 Å². The van der Waals surface area contributed by atoms with Gasteiger partial charge in [0.05, 0.1) is 11.3 Å². The molecule has 26 heavy (non-hydrogen) atoms. The summed E-state index contributed by atoms with van der Waals surface area (Å²) in [5, 5.41) is 3.53. The molecule has 6 heteroatoms. The van der Waals surface area contributed by atoms with Gasteiger partial charge in [-0.05, 0) is 38.5 Å². The van der Waals surface area contributed by atoms with E-state index in [1.807, 2.05) is 0 Å². The Morgan fingerprint density at radius 1 is 1.35 bits per heavy atom. The lowest BCUT2D eigenvalue weighted by Crippen LogP contribution is -2.13. The lowest BCUT2D eigenvalue weighted by Gasteiger charge is -2.19. The number of hydrogen-bond donors (Lipinski definition) is 1. The summed E-state index contributed by atoms with van der Waals surface area (Å²) in [4.78, 5) is 30.7. The minimum absolute atomic E-state index is 0.0817. The largest absolute Gasteiger partial charge is 0.455 e. The highest BCUT2D eigenvalue weighted by Crippen LogP contribution is 2.35. The van der Waals surface area contributed by atoms with Gasteiger partial charge in [-0.2, -0.15) is 0 Å². The molecule has 2 aliphatic rings. The van der Waals surface area contributed by atoms with Crippen molar-refractivity contribution in [1.29, 1.82) is 0 Å². The van der Waals surface area contributed by atoms with Gasteiger partial charge in [-0.25, -0.2) is 4.98 Å². The second-order valence-electron chi connectivity index (χ2n) is 7.37. The Morgan fingerprint density at radius 2 is 2.19 bits per heavy atom. The maximum absolute atomic E-state index is 12.7. The van der Waals surface area contributed by atoms with Crippen LogP contribution in [0.4, 0.5) is 5.13 Å². The van der Waals surface area contributed by atoms with E-state index in [1.54, 1.807) is 18.3 Å². The number of hydrogen-bond acceptors (Lipinski definition) is 5. The van der Waals surface area contributed by atoms with E-state index in [2.05, 4.69) is 17.2 Å². The molecule has 0 bridgehead atoms. The fourth-order valence-electron chi connectivity index (χ4n) is 4.17. The molecule has 0 spiro atoms. The van der Waals surface area contributed by atoms with E-state index in [9.17, 15) is 9.59 Å². The minimum Gasteiger partial charge on any atom is -0.455 e. The third-order valence-corrected chi connectivity index (χ3v) is 6.51. The number of carbonyl (C=O) groups excluding carboxylic acids is 2. The Labute approximate surface area is 157 Å². The number of amides is 1. The van der Waals surface area contributed by atoms with Crippen molar-refractivity contribution in [2.45, 2.75) is 65.2 Å². The van der Waals surface area contributed by atoms with E-state index < -0.39 is 0 Å². The van der Waals surface area contributed by atoms with Gasteiger partial charge in [-0.1, -0.05) is 19.8 Å². The number of thiazole rings is 1. The Bertz CT molecular complexity index is 865. The van der Waals surface area contributed by atoms with Crippen molar-refractivity contribution in [2.24, 2.45) is 5.92 Å². The topological polar surface area (TPSA) is 72.2 Å². The molecule has 1 amide bonds. The highest BCUT2D eigenvalue weighted by atomic mass is 32.1. The highest BCUT2D eigenvalue weighted by Gasteiger charge is 2.29. The van der Waals surface area contributed by atoms with Gasteiger partial charge in [0.1, 0.15) is 5.76 Å². The number of nitrogens with one attached hydrogen (secondary N) is 1. The number of nitrogens with zero attached hydrogens (tertiary/aromatic N) is 1. The molecule has 1 atom stereocenters. The molecule has 1 N–H and O–H groups in total. The number of ketones is 1. The van der Waals surface area contributed by atoms with Crippen LogP contribution < -0.4 is 5.32 Å². The van der Waals surface area contributed by atoms with Crippen molar-refractivity contribution >= 4 is 28.2 Å². The van der Waals surface area contributed by atoms with Crippen molar-refractivity contribution < 1.29 is 14.0 Å². The summed E-state index contributed by atoms with van der Waals surface area (Å²) in [6.07, 6.45) is 7.76. The molecule has 5 nitrogen and oxygen atoms in total. The van der Waals surface area contributed by atoms with Crippen LogP contribution in [-0.4, -0.2) is 16.7 Å². The van der Waals surface area contributed by atoms with E-state index in [-0.39, 0.29) is 17.5 Å². The zero-order valence-electron chi connectivity index (χ0n) is 15.3. The summed E-state index contributed by atoms with van der Waals surface area (Å²) < 4.78 is 5.74. The summed E-state index contributed by atoms with van der Waals surface area (Å²) >= 11 is 1.58. The molecule has 0 saturated heterocycles. The Morgan fingerprint density at radius 3 is 2.96 bits per heavy atom. The van der Waals surface area contributed by atoms with Gasteiger partial charge in [0.15, 0.2) is 16.7 Å². The van der Waals surface area contributed by atoms with Crippen molar-refractivity contribution in [2.75, 3.05) is 5.32 Å². The van der Waals surface area contributed by atoms with Crippen molar-refractivity contribution in [1.82, 2.24) is 4.98 Å². The van der Waals surface area contributed by atoms with E-state index in [4.69, 9.17) is 4.42 Å². The van der Waals surface area contributed by atoms with Crippen LogP contribution in [0, 0.1) is 12.8 Å². The Balaban J connectivity index is 1.52. The quantitative estimate of drug-likeness (QED) is 0.843. The molecular formula is C20H24N2O3S. The minimum atomic E-state index is -0.305. The predicted molar refractivity (Wildman–Crippen MR) is 101 cm³/mol. The summed E-state index contributed by atoms with van der Waals surface area (Å²) in [7, 11) is 0. The molecule has 0 radical (unpaired) electrons. The van der Waals surface area contributed by atoms with E-state index in [1.165, 1.54) is 24.1 Å². The summed E-state index contributed by atoms with van der Waals surface area (Å²) in [6, 6.07) is 0. The zero-order valence-corrected chi connectivity index (χ0v) is 16.1. The standard InChI is InChI=1S/C20H24N2O3S/c1-3-5-12-8-9-13-16(10-12)26-20(21-13)22-19(24)18-11(2)17-14(23)6-4-7-15(17)25-18/h12H,3-10H2,1-2H3,(H,21,22,24). The first-order valence-electron chi connectivity index (χ1n) is 9.52. The van der Waals surface area contributed by atoms with Crippen LogP contribution in [0.15, 0.2) is 4.42 Å². The number of furan rings is 1. The van der Waals surface area contributed by atoms with Crippen LogP contribution in [0.1, 0.15) is 81.8 Å². The molecule has 0 aliphatic heterocycles. The van der Waals surface area contributed by atoms with Crippen LogP contribution in [0.25, 0.3) is 0 Å². The first-order valence-corrected chi connectivity index (χ1v) is 10.3. The van der Waals surface area contributed by atoms with Crippen LogP contribution >= 0.6 is 11.3 Å². The molecule has 1 unspecified atom stereocenters. The average molecular weight is 372 g/mol. The van der Waals surface area contributed by atoms with Crippen molar-refractivity contribution in [3.63, 3.8) is 0 Å². The Kier molecular flexibility index (Phi) is 4.69. The molecular weight excluding hydrogens is 348 g/mol. The molecule has 138 valence electrons. The number of carbonyl (C=O) groups is 2. The summed E-state index contributed by atoms with van der Waals surface area (Å²) in [5.41, 5.74) is 2.40. The SMILES string of the molecule is CCCC1CCc2nc(NC(=O)c3oc4c(c3C)C(=O)CCC4)sc2C1. The molecule has 4 rings (SSSR count). The number of aryl methyl sites for hydroxylation is 2. The smallest absolute Gasteiger partial charge is 0.293 e. The third kappa shape index (κ3) is 3.11. The number of anilines is 1. The predicted octanol–water partition coefficient (Wildman–Crippen LogP) is 4.72. The van der Waals surface area contributed by atoms with Crippen LogP contribution in [-0.2, 0) is 19.3 Å². The number of aromatic nitrogens is 1. The molecule has 2 heterocycles. The fraction of sp³-hybridized carbons (Fsp3) is 0.550. The maximum Gasteiger partial charge on any atom is 0.293 e. The summed E-state index contributed by atoms with van der Waals surface area (Å²) in [6.45, 7) is 4.02. The number of Topliss-reactive ketones (excluding diaryl/α,β-unsaturated/α-hetero) is 1. The van der Waals surface area contributed by atoms with Crippen molar-refractivity contribution in [3.8, 4) is 0 Å². The number of fused-ring (bicyclic) bond motifs is 2. The number of rotatable bonds is 4. The van der Waals surface area contributed by atoms with Gasteiger partial charge < -0.3 is 4.42 Å². The molecule has 2 aliphatic carbocycles. The molecule has 2 aromatic rings. The zero-order chi connectivity index (χ0) is 18.3. The monoisotopic (exact) mass is 372 g/mol. The summed E-state index contributed by atoms with van der Waals surface area (Å²) in [5.74, 6) is 1.42. The van der Waals surface area contributed by atoms with Gasteiger partial charge in [0.2, 0.25) is 0 Å². The lowest BCUT2D eigenvalue weighted by atomic mass is 9.88. The molecule has 0 fully saturated rings.